The molecule has 0 saturated heterocycles. The van der Waals surface area contributed by atoms with Crippen molar-refractivity contribution in [1.29, 1.82) is 0 Å². The minimum atomic E-state index is -0.115. The maximum absolute atomic E-state index is 11.5. The van der Waals surface area contributed by atoms with E-state index in [-0.39, 0.29) is 5.97 Å². The number of hydrogen-bond acceptors (Lipinski definition) is 3. The minimum Gasteiger partial charge on any atom is -0.466 e. The predicted molar refractivity (Wildman–Crippen MR) is 130 cm³/mol. The number of rotatable bonds is 19. The van der Waals surface area contributed by atoms with E-state index in [4.69, 9.17) is 4.74 Å². The Hall–Kier alpha value is -1.51. The Morgan fingerprint density at radius 1 is 0.833 bits per heavy atom. The van der Waals surface area contributed by atoms with E-state index < -0.39 is 0 Å². The lowest BCUT2D eigenvalue weighted by molar-refractivity contribution is -0.143. The van der Waals surface area contributed by atoms with Crippen LogP contribution in [0.4, 0.5) is 5.69 Å². The molecule has 0 saturated carbocycles. The summed E-state index contributed by atoms with van der Waals surface area (Å²) < 4.78 is 4.98. The maximum Gasteiger partial charge on any atom is 0.306 e. The molecule has 1 rings (SSSR count). The third kappa shape index (κ3) is 14.5. The first-order valence-corrected chi connectivity index (χ1v) is 12.7. The molecule has 30 heavy (non-hydrogen) atoms. The molecule has 1 aromatic carbocycles. The molecular weight excluding hydrogens is 370 g/mol. The second kappa shape index (κ2) is 18.3. The zero-order valence-electron chi connectivity index (χ0n) is 20.0. The smallest absolute Gasteiger partial charge is 0.306 e. The zero-order chi connectivity index (χ0) is 21.9. The topological polar surface area (TPSA) is 38.3 Å². The Kier molecular flexibility index (Phi) is 16.2. The minimum absolute atomic E-state index is 0.115. The number of unbranched alkanes of at least 4 members (excludes halogenated alkanes) is 11. The number of aryl methyl sites for hydroxylation is 1. The number of anilines is 1. The van der Waals surface area contributed by atoms with Gasteiger partial charge in [-0.1, -0.05) is 96.1 Å². The molecule has 0 spiro atoms. The quantitative estimate of drug-likeness (QED) is 0.183. The average molecular weight is 418 g/mol. The Balaban J connectivity index is 2.01. The molecule has 0 radical (unpaired) electrons. The summed E-state index contributed by atoms with van der Waals surface area (Å²) in [5, 5.41) is 3.60. The van der Waals surface area contributed by atoms with Crippen LogP contribution < -0.4 is 5.32 Å². The first-order chi connectivity index (χ1) is 14.7. The second-order valence-electron chi connectivity index (χ2n) is 8.73. The Morgan fingerprint density at radius 2 is 1.37 bits per heavy atom. The van der Waals surface area contributed by atoms with Crippen LogP contribution in [0.25, 0.3) is 0 Å². The number of esters is 1. The SMILES string of the molecule is CCCCCCCCCCCCCCC(C)Nc1ccc(CCC(=O)OCC)cc1. The molecular formula is C27H47NO2. The van der Waals surface area contributed by atoms with E-state index >= 15 is 0 Å². The van der Waals surface area contributed by atoms with Gasteiger partial charge in [-0.25, -0.2) is 0 Å². The molecule has 0 heterocycles. The first kappa shape index (κ1) is 26.5. The molecule has 1 unspecified atom stereocenters. The molecule has 0 amide bonds. The summed E-state index contributed by atoms with van der Waals surface area (Å²) in [6, 6.07) is 8.97. The molecule has 0 aliphatic rings. The number of carbonyl (C=O) groups excluding carboxylic acids is 1. The van der Waals surface area contributed by atoms with Crippen molar-refractivity contribution >= 4 is 11.7 Å². The van der Waals surface area contributed by atoms with E-state index in [1.165, 1.54) is 94.7 Å². The van der Waals surface area contributed by atoms with Crippen molar-refractivity contribution in [1.82, 2.24) is 0 Å². The van der Waals surface area contributed by atoms with Gasteiger partial charge >= 0.3 is 5.97 Å². The summed E-state index contributed by atoms with van der Waals surface area (Å²) in [6.45, 7) is 6.86. The highest BCUT2D eigenvalue weighted by Crippen LogP contribution is 2.16. The fourth-order valence-corrected chi connectivity index (χ4v) is 3.90. The summed E-state index contributed by atoms with van der Waals surface area (Å²) in [6.07, 6.45) is 19.2. The van der Waals surface area contributed by atoms with Crippen molar-refractivity contribution in [3.05, 3.63) is 29.8 Å². The van der Waals surface area contributed by atoms with Crippen molar-refractivity contribution in [2.24, 2.45) is 0 Å². The summed E-state index contributed by atoms with van der Waals surface area (Å²) in [5.41, 5.74) is 2.35. The van der Waals surface area contributed by atoms with Crippen LogP contribution in [0.1, 0.15) is 116 Å². The Morgan fingerprint density at radius 3 is 1.90 bits per heavy atom. The Labute approximate surface area is 186 Å². The largest absolute Gasteiger partial charge is 0.466 e. The van der Waals surface area contributed by atoms with E-state index in [0.717, 1.165) is 6.42 Å². The van der Waals surface area contributed by atoms with Crippen LogP contribution >= 0.6 is 0 Å². The number of hydrogen-bond donors (Lipinski definition) is 1. The maximum atomic E-state index is 11.5. The van der Waals surface area contributed by atoms with Gasteiger partial charge in [0, 0.05) is 18.2 Å². The number of carbonyl (C=O) groups is 1. The summed E-state index contributed by atoms with van der Waals surface area (Å²) in [5.74, 6) is -0.115. The predicted octanol–water partition coefficient (Wildman–Crippen LogP) is 8.07. The molecule has 1 atom stereocenters. The molecule has 3 nitrogen and oxygen atoms in total. The highest BCUT2D eigenvalue weighted by molar-refractivity contribution is 5.69. The van der Waals surface area contributed by atoms with Crippen LogP contribution in [0, 0.1) is 0 Å². The highest BCUT2D eigenvalue weighted by atomic mass is 16.5. The molecule has 0 aromatic heterocycles. The third-order valence-electron chi connectivity index (χ3n) is 5.78. The molecule has 3 heteroatoms. The number of benzene rings is 1. The van der Waals surface area contributed by atoms with Crippen LogP contribution in [0.2, 0.25) is 0 Å². The molecule has 0 aliphatic carbocycles. The number of nitrogens with one attached hydrogen (secondary N) is 1. The van der Waals surface area contributed by atoms with Gasteiger partial charge in [0.25, 0.3) is 0 Å². The van der Waals surface area contributed by atoms with Gasteiger partial charge in [-0.2, -0.15) is 0 Å². The Bertz CT molecular complexity index is 526. The van der Waals surface area contributed by atoms with Crippen LogP contribution in [0.3, 0.4) is 0 Å². The van der Waals surface area contributed by atoms with Crippen molar-refractivity contribution in [3.8, 4) is 0 Å². The molecule has 0 bridgehead atoms. The van der Waals surface area contributed by atoms with Crippen LogP contribution in [0.5, 0.6) is 0 Å². The zero-order valence-corrected chi connectivity index (χ0v) is 20.0. The van der Waals surface area contributed by atoms with Gasteiger partial charge in [-0.3, -0.25) is 4.79 Å². The van der Waals surface area contributed by atoms with Crippen molar-refractivity contribution in [3.63, 3.8) is 0 Å². The lowest BCUT2D eigenvalue weighted by Crippen LogP contribution is -2.14. The molecule has 0 aliphatic heterocycles. The summed E-state index contributed by atoms with van der Waals surface area (Å²) >= 11 is 0. The van der Waals surface area contributed by atoms with E-state index in [1.807, 2.05) is 6.92 Å². The van der Waals surface area contributed by atoms with Crippen molar-refractivity contribution < 1.29 is 9.53 Å². The van der Waals surface area contributed by atoms with Gasteiger partial charge < -0.3 is 10.1 Å². The van der Waals surface area contributed by atoms with E-state index in [9.17, 15) is 4.79 Å². The third-order valence-corrected chi connectivity index (χ3v) is 5.78. The van der Waals surface area contributed by atoms with Gasteiger partial charge in [-0.15, -0.1) is 0 Å². The van der Waals surface area contributed by atoms with Gasteiger partial charge in [0.05, 0.1) is 6.61 Å². The van der Waals surface area contributed by atoms with Crippen LogP contribution in [-0.2, 0) is 16.0 Å². The molecule has 1 aromatic rings. The molecule has 172 valence electrons. The van der Waals surface area contributed by atoms with E-state index in [1.54, 1.807) is 0 Å². The standard InChI is InChI=1S/C27H47NO2/c1-4-6-7-8-9-10-11-12-13-14-15-16-17-24(3)28-26-21-18-25(19-22-26)20-23-27(29)30-5-2/h18-19,21-22,24,28H,4-17,20,23H2,1-3H3. The van der Waals surface area contributed by atoms with Crippen LogP contribution in [0.15, 0.2) is 24.3 Å². The van der Waals surface area contributed by atoms with Gasteiger partial charge in [-0.05, 0) is 44.4 Å². The normalized spacial score (nSPS) is 12.0. The lowest BCUT2D eigenvalue weighted by atomic mass is 10.0. The van der Waals surface area contributed by atoms with Gasteiger partial charge in [0.15, 0.2) is 0 Å². The second-order valence-corrected chi connectivity index (χ2v) is 8.73. The highest BCUT2D eigenvalue weighted by Gasteiger charge is 2.05. The van der Waals surface area contributed by atoms with Crippen LogP contribution in [-0.4, -0.2) is 18.6 Å². The average Bonchev–Trinajstić information content (AvgIpc) is 2.74. The molecule has 0 fully saturated rings. The van der Waals surface area contributed by atoms with E-state index in [2.05, 4.69) is 43.4 Å². The summed E-state index contributed by atoms with van der Waals surface area (Å²) in [4.78, 5) is 11.5. The summed E-state index contributed by atoms with van der Waals surface area (Å²) in [7, 11) is 0. The molecule has 1 N–H and O–H groups in total. The first-order valence-electron chi connectivity index (χ1n) is 12.7. The van der Waals surface area contributed by atoms with Gasteiger partial charge in [0.2, 0.25) is 0 Å². The van der Waals surface area contributed by atoms with Crippen molar-refractivity contribution in [2.45, 2.75) is 123 Å². The number of ether oxygens (including phenoxy) is 1. The van der Waals surface area contributed by atoms with Gasteiger partial charge in [0.1, 0.15) is 0 Å². The van der Waals surface area contributed by atoms with E-state index in [0.29, 0.717) is 19.1 Å². The fraction of sp³-hybridized carbons (Fsp3) is 0.741. The fourth-order valence-electron chi connectivity index (χ4n) is 3.90. The monoisotopic (exact) mass is 417 g/mol. The lowest BCUT2D eigenvalue weighted by Gasteiger charge is -2.15. The van der Waals surface area contributed by atoms with Crippen molar-refractivity contribution in [2.75, 3.05) is 11.9 Å².